The topological polar surface area (TPSA) is 41.1 Å². The highest BCUT2D eigenvalue weighted by atomic mass is 16.1. The van der Waals surface area contributed by atoms with E-state index in [0.29, 0.717) is 6.54 Å². The number of rotatable bonds is 2. The first-order valence-corrected chi connectivity index (χ1v) is 3.16. The molecule has 0 aliphatic carbocycles. The molecule has 0 saturated heterocycles. The molecule has 0 fully saturated rings. The van der Waals surface area contributed by atoms with Gasteiger partial charge in [0, 0.05) is 9.90 Å². The molecule has 2 N–H and O–H groups in total. The summed E-state index contributed by atoms with van der Waals surface area (Å²) in [4.78, 5) is 10.2. The van der Waals surface area contributed by atoms with E-state index in [-0.39, 0.29) is 8.76 Å². The van der Waals surface area contributed by atoms with E-state index in [1.54, 1.807) is 14.1 Å². The number of hydrogen-bond donors (Lipinski definition) is 2. The lowest BCUT2D eigenvalue weighted by molar-refractivity contribution is -0.119. The first-order chi connectivity index (χ1) is 4.31. The Kier molecular flexibility index (Phi) is 13.0. The zero-order valence-electron chi connectivity index (χ0n) is 6.62. The molecule has 1 amide bonds. The lowest BCUT2D eigenvalue weighted by atomic mass is 10.6. The van der Waals surface area contributed by atoms with Crippen molar-refractivity contribution in [2.45, 2.75) is 13.8 Å². The van der Waals surface area contributed by atoms with Crippen LogP contribution in [0.25, 0.3) is 0 Å². The lowest BCUT2D eigenvalue weighted by Crippen LogP contribution is -2.28. The van der Waals surface area contributed by atoms with Gasteiger partial charge in [-0.3, -0.25) is 4.79 Å². The van der Waals surface area contributed by atoms with Crippen molar-refractivity contribution in [2.24, 2.45) is 0 Å². The maximum absolute atomic E-state index is 10.2. The van der Waals surface area contributed by atoms with Gasteiger partial charge in [0.05, 0.1) is 6.54 Å². The molecule has 3 heteroatoms. The van der Waals surface area contributed by atoms with Crippen LogP contribution < -0.4 is 10.6 Å². The Balaban J connectivity index is -0.0000000564. The average molecular weight is 136 g/mol. The van der Waals surface area contributed by atoms with Crippen LogP contribution in [0.3, 0.4) is 0 Å². The van der Waals surface area contributed by atoms with E-state index in [0.717, 1.165) is 0 Å². The van der Waals surface area contributed by atoms with Crippen molar-refractivity contribution in [3.05, 3.63) is 0 Å². The first kappa shape index (κ1) is 11.3. The quantitative estimate of drug-likeness (QED) is 0.579. The van der Waals surface area contributed by atoms with E-state index in [1.807, 2.05) is 13.8 Å². The minimum Gasteiger partial charge on any atom is -0.358 e. The van der Waals surface area contributed by atoms with Gasteiger partial charge in [-0.05, 0) is 7.05 Å². The minimum absolute atomic E-state index is 0. The molecule has 0 rings (SSSR count). The third-order valence-corrected chi connectivity index (χ3v) is 0.616. The molecule has 0 aromatic heterocycles. The largest absolute Gasteiger partial charge is 0.358 e. The Morgan fingerprint density at radius 1 is 1.44 bits per heavy atom. The molecule has 0 spiro atoms. The fourth-order valence-corrected chi connectivity index (χ4v) is 0.249. The van der Waals surface area contributed by atoms with Gasteiger partial charge >= 0.3 is 0 Å². The van der Waals surface area contributed by atoms with Gasteiger partial charge in [-0.1, -0.05) is 13.8 Å². The van der Waals surface area contributed by atoms with Gasteiger partial charge in [0.25, 0.3) is 0 Å². The molecule has 0 bridgehead atoms. The number of carbonyl (C=O) groups is 1. The summed E-state index contributed by atoms with van der Waals surface area (Å²) in [5.74, 6) is 0.0162. The van der Waals surface area contributed by atoms with Crippen LogP contribution >= 0.6 is 0 Å². The molecule has 0 radical (unpaired) electrons. The predicted octanol–water partition coefficient (Wildman–Crippen LogP) is 0.470. The smallest absolute Gasteiger partial charge is 0.233 e. The van der Waals surface area contributed by atoms with Crippen LogP contribution in [0.1, 0.15) is 16.7 Å². The van der Waals surface area contributed by atoms with E-state index >= 15 is 0 Å². The molecule has 0 saturated carbocycles. The van der Waals surface area contributed by atoms with Gasteiger partial charge in [0.1, 0.15) is 0 Å². The van der Waals surface area contributed by atoms with Crippen molar-refractivity contribution in [3.8, 4) is 0 Å². The monoisotopic (exact) mass is 136 g/mol. The van der Waals surface area contributed by atoms with Gasteiger partial charge in [-0.15, -0.1) is 0 Å². The summed E-state index contributed by atoms with van der Waals surface area (Å²) in [5, 5.41) is 5.17. The molecule has 0 aromatic carbocycles. The van der Waals surface area contributed by atoms with Crippen molar-refractivity contribution >= 4 is 5.91 Å². The third-order valence-electron chi connectivity index (χ3n) is 0.616. The maximum atomic E-state index is 10.2. The molecule has 0 aliphatic heterocycles. The molecule has 0 unspecified atom stereocenters. The van der Waals surface area contributed by atoms with Crippen LogP contribution in [0.15, 0.2) is 0 Å². The zero-order chi connectivity index (χ0) is 7.70. The first-order valence-electron chi connectivity index (χ1n) is 3.16. The number of hydrogen-bond acceptors (Lipinski definition) is 2. The summed E-state index contributed by atoms with van der Waals surface area (Å²) < 4.78 is 0. The van der Waals surface area contributed by atoms with E-state index in [4.69, 9.17) is 0 Å². The van der Waals surface area contributed by atoms with Crippen LogP contribution in [-0.2, 0) is 4.79 Å². The summed E-state index contributed by atoms with van der Waals surface area (Å²) in [6.45, 7) is 4.40. The van der Waals surface area contributed by atoms with Crippen molar-refractivity contribution < 1.29 is 7.65 Å². The van der Waals surface area contributed by atoms with E-state index in [2.05, 4.69) is 10.6 Å². The van der Waals surface area contributed by atoms with Crippen molar-refractivity contribution in [1.29, 1.82) is 0 Å². The molecule has 0 atom stereocenters. The van der Waals surface area contributed by atoms with Crippen LogP contribution in [-0.4, -0.2) is 26.5 Å². The molecule has 3 nitrogen and oxygen atoms in total. The summed E-state index contributed by atoms with van der Waals surface area (Å²) in [7, 11) is 3.34. The second-order valence-electron chi connectivity index (χ2n) is 1.20. The second-order valence-corrected chi connectivity index (χ2v) is 1.20. The highest BCUT2D eigenvalue weighted by Gasteiger charge is 1.88. The van der Waals surface area contributed by atoms with Crippen LogP contribution in [0.4, 0.5) is 0 Å². The van der Waals surface area contributed by atoms with Crippen molar-refractivity contribution in [2.75, 3.05) is 20.6 Å². The Hall–Kier alpha value is -0.570. The highest BCUT2D eigenvalue weighted by Crippen LogP contribution is 1.52. The fourth-order valence-electron chi connectivity index (χ4n) is 0.249. The van der Waals surface area contributed by atoms with Crippen molar-refractivity contribution in [3.63, 3.8) is 0 Å². The van der Waals surface area contributed by atoms with E-state index < -0.39 is 0 Å². The van der Waals surface area contributed by atoms with Crippen molar-refractivity contribution in [1.82, 2.24) is 10.6 Å². The summed E-state index contributed by atoms with van der Waals surface area (Å²) in [6, 6.07) is 0. The molecular weight excluding hydrogens is 116 g/mol. The number of nitrogens with one attached hydrogen (secondary N) is 2. The Morgan fingerprint density at radius 3 is 2.00 bits per heavy atom. The average Bonchev–Trinajstić information content (AvgIpc) is 1.93. The predicted molar refractivity (Wildman–Crippen MR) is 43.6 cm³/mol. The van der Waals surface area contributed by atoms with E-state index in [1.165, 1.54) is 0 Å². The summed E-state index contributed by atoms with van der Waals surface area (Å²) in [5.41, 5.74) is 0. The molecule has 0 aromatic rings. The third kappa shape index (κ3) is 11.2. The molecule has 60 valence electrons. The standard InChI is InChI=1S/C4H10N2O.C2H6.2H2/c1-5-3-4(7)6-2;1-2;;/h5H,3H2,1-2H3,(H,6,7);1-2H3;2*1H. The van der Waals surface area contributed by atoms with E-state index in [9.17, 15) is 4.79 Å². The normalized spacial score (nSPS) is 7.11. The number of amides is 1. The van der Waals surface area contributed by atoms with Crippen LogP contribution in [0.2, 0.25) is 0 Å². The zero-order valence-corrected chi connectivity index (χ0v) is 6.62. The molecule has 9 heavy (non-hydrogen) atoms. The maximum Gasteiger partial charge on any atom is 0.233 e. The van der Waals surface area contributed by atoms with Crippen LogP contribution in [0.5, 0.6) is 0 Å². The SMILES string of the molecule is CC.CNCC(=O)NC.[HH].[HH]. The van der Waals surface area contributed by atoms with Gasteiger partial charge in [0.15, 0.2) is 0 Å². The lowest BCUT2D eigenvalue weighted by Gasteiger charge is -1.93. The van der Waals surface area contributed by atoms with Gasteiger partial charge in [-0.2, -0.15) is 0 Å². The molecular formula is C6H20N2O. The fraction of sp³-hybridized carbons (Fsp3) is 0.833. The highest BCUT2D eigenvalue weighted by molar-refractivity contribution is 5.77. The van der Waals surface area contributed by atoms with Crippen LogP contribution in [0, 0.1) is 0 Å². The minimum atomic E-state index is 0. The van der Waals surface area contributed by atoms with Gasteiger partial charge < -0.3 is 10.6 Å². The van der Waals surface area contributed by atoms with Gasteiger partial charge in [0.2, 0.25) is 5.91 Å². The second kappa shape index (κ2) is 10.4. The number of likely N-dealkylation sites (N-methyl/N-ethyl adjacent to an activating group) is 2. The Labute approximate surface area is 59.8 Å². The molecule has 0 heterocycles. The Morgan fingerprint density at radius 2 is 1.89 bits per heavy atom. The summed E-state index contributed by atoms with van der Waals surface area (Å²) >= 11 is 0. The van der Waals surface area contributed by atoms with Gasteiger partial charge in [-0.25, -0.2) is 0 Å². The Bertz CT molecular complexity index is 71.6. The number of carbonyl (C=O) groups excluding carboxylic acids is 1. The molecule has 0 aliphatic rings. The summed E-state index contributed by atoms with van der Waals surface area (Å²) in [6.07, 6.45) is 0.